The number of primary amides is 1. The van der Waals surface area contributed by atoms with Gasteiger partial charge in [0.1, 0.15) is 17.0 Å². The molecule has 3 aromatic carbocycles. The third kappa shape index (κ3) is 5.90. The van der Waals surface area contributed by atoms with Crippen LogP contribution in [0.5, 0.6) is 11.6 Å². The Morgan fingerprint density at radius 3 is 2.27 bits per heavy atom. The maximum atomic E-state index is 13.6. The van der Waals surface area contributed by atoms with Gasteiger partial charge in [-0.1, -0.05) is 6.07 Å². The van der Waals surface area contributed by atoms with Gasteiger partial charge in [0.25, 0.3) is 0 Å². The van der Waals surface area contributed by atoms with Gasteiger partial charge in [0.15, 0.2) is 0 Å². The fourth-order valence-corrected chi connectivity index (χ4v) is 4.33. The van der Waals surface area contributed by atoms with Gasteiger partial charge >= 0.3 is 0 Å². The molecule has 204 valence electrons. The third-order valence-corrected chi connectivity index (χ3v) is 6.59. The molecule has 1 aliphatic rings. The number of amides is 2. The zero-order valence-corrected chi connectivity index (χ0v) is 21.6. The summed E-state index contributed by atoms with van der Waals surface area (Å²) >= 11 is -2.46. The molecule has 1 atom stereocenters. The molecule has 13 heteroatoms. The lowest BCUT2D eigenvalue weighted by Crippen LogP contribution is -2.41. The average Bonchev–Trinajstić information content (AvgIpc) is 3.74. The zero-order chi connectivity index (χ0) is 28.3. The number of hydrogen-bond acceptors (Lipinski definition) is 8. The van der Waals surface area contributed by atoms with Gasteiger partial charge < -0.3 is 25.1 Å². The predicted octanol–water partition coefficient (Wildman–Crippen LogP) is 4.29. The number of aromatic nitrogens is 2. The number of rotatable bonds is 10. The first kappa shape index (κ1) is 26.7. The second-order valence-electron chi connectivity index (χ2n) is 8.92. The quantitative estimate of drug-likeness (QED) is 0.191. The van der Waals surface area contributed by atoms with Gasteiger partial charge in [-0.05, 0) is 79.6 Å². The SMILES string of the molecule is NC(=O)C1(C(=O)N(c2ccc(F)cc2)c2ccc(Oc3ccnc(Nc4cccc(NS(=O)[O-])c4)n3)cc2)CC1. The summed E-state index contributed by atoms with van der Waals surface area (Å²) < 4.78 is 43.5. The highest BCUT2D eigenvalue weighted by molar-refractivity contribution is 7.80. The van der Waals surface area contributed by atoms with Crippen LogP contribution in [0.4, 0.5) is 33.1 Å². The first-order valence-corrected chi connectivity index (χ1v) is 13.0. The Labute approximate surface area is 230 Å². The first-order valence-electron chi connectivity index (χ1n) is 12.0. The second kappa shape index (κ2) is 11.1. The Kier molecular flexibility index (Phi) is 7.40. The van der Waals surface area contributed by atoms with E-state index >= 15 is 0 Å². The summed E-state index contributed by atoms with van der Waals surface area (Å²) in [7, 11) is 0. The minimum atomic E-state index is -2.46. The predicted molar refractivity (Wildman–Crippen MR) is 145 cm³/mol. The van der Waals surface area contributed by atoms with E-state index in [9.17, 15) is 22.7 Å². The van der Waals surface area contributed by atoms with E-state index in [1.165, 1.54) is 35.4 Å². The van der Waals surface area contributed by atoms with Gasteiger partial charge in [-0.3, -0.25) is 18.7 Å². The molecule has 0 radical (unpaired) electrons. The van der Waals surface area contributed by atoms with E-state index in [1.807, 2.05) is 0 Å². The molecule has 1 aliphatic carbocycles. The monoisotopic (exact) mass is 561 g/mol. The molecule has 1 saturated carbocycles. The Morgan fingerprint density at radius 1 is 1.00 bits per heavy atom. The van der Waals surface area contributed by atoms with E-state index in [0.29, 0.717) is 41.3 Å². The van der Waals surface area contributed by atoms with E-state index in [4.69, 9.17) is 10.5 Å². The number of nitrogens with zero attached hydrogens (tertiary/aromatic N) is 3. The molecule has 1 aromatic heterocycles. The Balaban J connectivity index is 1.34. The van der Waals surface area contributed by atoms with Crippen molar-refractivity contribution in [3.63, 3.8) is 0 Å². The van der Waals surface area contributed by atoms with E-state index < -0.39 is 34.3 Å². The summed E-state index contributed by atoms with van der Waals surface area (Å²) in [5, 5.41) is 2.98. The van der Waals surface area contributed by atoms with Crippen molar-refractivity contribution in [1.82, 2.24) is 9.97 Å². The maximum Gasteiger partial charge on any atom is 0.247 e. The summed E-state index contributed by atoms with van der Waals surface area (Å²) in [5.41, 5.74) is 5.99. The van der Waals surface area contributed by atoms with Crippen LogP contribution in [0.3, 0.4) is 0 Å². The summed E-state index contributed by atoms with van der Waals surface area (Å²) in [5.74, 6) is -0.798. The van der Waals surface area contributed by atoms with Gasteiger partial charge in [0.2, 0.25) is 23.6 Å². The van der Waals surface area contributed by atoms with Crippen LogP contribution in [-0.2, 0) is 20.9 Å². The number of halogens is 1. The van der Waals surface area contributed by atoms with Gasteiger partial charge in [0, 0.05) is 46.3 Å². The largest absolute Gasteiger partial charge is 0.755 e. The van der Waals surface area contributed by atoms with Gasteiger partial charge in [0.05, 0.1) is 0 Å². The topological polar surface area (TPSA) is 163 Å². The first-order chi connectivity index (χ1) is 19.2. The fourth-order valence-electron chi connectivity index (χ4n) is 4.01. The lowest BCUT2D eigenvalue weighted by atomic mass is 10.0. The lowest BCUT2D eigenvalue weighted by Gasteiger charge is -2.26. The van der Waals surface area contributed by atoms with Crippen LogP contribution in [0.1, 0.15) is 12.8 Å². The minimum absolute atomic E-state index is 0.212. The average molecular weight is 562 g/mol. The Bertz CT molecular complexity index is 1580. The molecule has 1 heterocycles. The Morgan fingerprint density at radius 2 is 1.65 bits per heavy atom. The maximum absolute atomic E-state index is 13.6. The van der Waals surface area contributed by atoms with Crippen LogP contribution in [0, 0.1) is 11.2 Å². The molecule has 1 fully saturated rings. The number of ether oxygens (including phenoxy) is 1. The number of carbonyl (C=O) groups is 2. The molecule has 1 unspecified atom stereocenters. The summed E-state index contributed by atoms with van der Waals surface area (Å²) in [4.78, 5) is 35.3. The summed E-state index contributed by atoms with van der Waals surface area (Å²) in [6, 6.07) is 20.0. The summed E-state index contributed by atoms with van der Waals surface area (Å²) in [6.45, 7) is 0. The highest BCUT2D eigenvalue weighted by Crippen LogP contribution is 2.49. The number of benzene rings is 3. The van der Waals surface area contributed by atoms with Crippen molar-refractivity contribution in [2.75, 3.05) is 14.9 Å². The molecular formula is C27H22FN6O5S-. The highest BCUT2D eigenvalue weighted by Gasteiger charge is 2.57. The van der Waals surface area contributed by atoms with Crippen LogP contribution >= 0.6 is 0 Å². The lowest BCUT2D eigenvalue weighted by molar-refractivity contribution is -0.133. The van der Waals surface area contributed by atoms with Crippen molar-refractivity contribution in [2.45, 2.75) is 12.8 Å². The Hall–Kier alpha value is -4.88. The number of anilines is 5. The standard InChI is InChI=1S/C27H23FN6O5S/c28-17-4-6-20(7-5-17)34(25(36)27(13-14-27)24(29)35)21-8-10-22(11-9-21)39-23-12-15-30-26(32-23)31-18-2-1-3-19(16-18)33-40(37)38/h1-12,15-16,33H,13-14H2,(H2,29,35)(H,37,38)(H,30,31,32)/p-1. The fraction of sp³-hybridized carbons (Fsp3) is 0.111. The second-order valence-corrected chi connectivity index (χ2v) is 9.59. The molecule has 5 rings (SSSR count). The highest BCUT2D eigenvalue weighted by atomic mass is 32.2. The van der Waals surface area contributed by atoms with E-state index in [1.54, 1.807) is 54.6 Å². The van der Waals surface area contributed by atoms with E-state index in [-0.39, 0.29) is 11.8 Å². The van der Waals surface area contributed by atoms with Gasteiger partial charge in [-0.2, -0.15) is 4.98 Å². The van der Waals surface area contributed by atoms with E-state index in [0.717, 1.165) is 0 Å². The number of nitrogens with one attached hydrogen (secondary N) is 2. The number of carbonyl (C=O) groups excluding carboxylic acids is 2. The van der Waals surface area contributed by atoms with Crippen molar-refractivity contribution in [3.05, 3.63) is 90.9 Å². The van der Waals surface area contributed by atoms with Crippen molar-refractivity contribution in [1.29, 1.82) is 0 Å². The molecule has 0 saturated heterocycles. The summed E-state index contributed by atoms with van der Waals surface area (Å²) in [6.07, 6.45) is 2.19. The molecule has 4 N–H and O–H groups in total. The van der Waals surface area contributed by atoms with Crippen LogP contribution < -0.4 is 25.4 Å². The number of nitrogens with two attached hydrogens (primary N) is 1. The molecular weight excluding hydrogens is 539 g/mol. The molecule has 0 bridgehead atoms. The zero-order valence-electron chi connectivity index (χ0n) is 20.7. The molecule has 11 nitrogen and oxygen atoms in total. The molecule has 40 heavy (non-hydrogen) atoms. The third-order valence-electron chi connectivity index (χ3n) is 6.19. The van der Waals surface area contributed by atoms with Crippen molar-refractivity contribution in [3.8, 4) is 11.6 Å². The normalized spacial score (nSPS) is 14.1. The van der Waals surface area contributed by atoms with Crippen LogP contribution in [0.25, 0.3) is 0 Å². The number of hydrogen-bond donors (Lipinski definition) is 3. The van der Waals surface area contributed by atoms with Gasteiger partial charge in [-0.25, -0.2) is 9.37 Å². The van der Waals surface area contributed by atoms with Crippen LogP contribution in [0.15, 0.2) is 85.1 Å². The molecule has 0 aliphatic heterocycles. The van der Waals surface area contributed by atoms with Crippen molar-refractivity contribution < 1.29 is 27.5 Å². The van der Waals surface area contributed by atoms with Crippen molar-refractivity contribution in [2.24, 2.45) is 11.1 Å². The van der Waals surface area contributed by atoms with Crippen molar-refractivity contribution >= 4 is 51.8 Å². The van der Waals surface area contributed by atoms with Crippen LogP contribution in [0.2, 0.25) is 0 Å². The minimum Gasteiger partial charge on any atom is -0.755 e. The smallest absolute Gasteiger partial charge is 0.247 e. The van der Waals surface area contributed by atoms with E-state index in [2.05, 4.69) is 20.0 Å². The van der Waals surface area contributed by atoms with Crippen LogP contribution in [-0.4, -0.2) is 30.5 Å². The molecule has 2 amide bonds. The molecule has 0 spiro atoms. The van der Waals surface area contributed by atoms with Gasteiger partial charge in [-0.15, -0.1) is 0 Å². The molecule has 4 aromatic rings.